The molecule has 0 fully saturated rings. The monoisotopic (exact) mass is 254 g/mol. The van der Waals surface area contributed by atoms with Gasteiger partial charge in [-0.3, -0.25) is 4.79 Å². The van der Waals surface area contributed by atoms with Crippen LogP contribution in [0.5, 0.6) is 0 Å². The van der Waals surface area contributed by atoms with Gasteiger partial charge in [0.05, 0.1) is 6.42 Å². The van der Waals surface area contributed by atoms with Gasteiger partial charge in [0.1, 0.15) is 0 Å². The SMILES string of the molecule is CC=CCC(=O)O.c1ccc(-c2ccccc2)cc1. The van der Waals surface area contributed by atoms with E-state index in [2.05, 4.69) is 48.5 Å². The van der Waals surface area contributed by atoms with E-state index in [1.54, 1.807) is 19.1 Å². The first kappa shape index (κ1) is 14.7. The number of carboxylic acids is 1. The summed E-state index contributed by atoms with van der Waals surface area (Å²) in [6, 6.07) is 20.8. The maximum Gasteiger partial charge on any atom is 0.307 e. The van der Waals surface area contributed by atoms with Crippen LogP contribution in [0.1, 0.15) is 13.3 Å². The lowest BCUT2D eigenvalue weighted by atomic mass is 10.1. The quantitative estimate of drug-likeness (QED) is 0.825. The fraction of sp³-hybridized carbons (Fsp3) is 0.118. The van der Waals surface area contributed by atoms with Gasteiger partial charge in [0.25, 0.3) is 0 Å². The first-order chi connectivity index (χ1) is 9.24. The van der Waals surface area contributed by atoms with Crippen molar-refractivity contribution in [3.05, 3.63) is 72.8 Å². The highest BCUT2D eigenvalue weighted by Gasteiger charge is 1.91. The van der Waals surface area contributed by atoms with E-state index in [1.807, 2.05) is 12.1 Å². The zero-order chi connectivity index (χ0) is 13.9. The molecular weight excluding hydrogens is 236 g/mol. The number of benzene rings is 2. The molecule has 2 heteroatoms. The Morgan fingerprint density at radius 1 is 0.947 bits per heavy atom. The van der Waals surface area contributed by atoms with Crippen molar-refractivity contribution >= 4 is 5.97 Å². The lowest BCUT2D eigenvalue weighted by Gasteiger charge is -1.98. The van der Waals surface area contributed by atoms with E-state index >= 15 is 0 Å². The normalized spacial score (nSPS) is 9.74. The van der Waals surface area contributed by atoms with Crippen LogP contribution >= 0.6 is 0 Å². The maximum absolute atomic E-state index is 9.71. The molecule has 0 aliphatic rings. The number of carbonyl (C=O) groups is 1. The maximum atomic E-state index is 9.71. The number of hydrogen-bond acceptors (Lipinski definition) is 1. The molecule has 2 aromatic carbocycles. The number of carboxylic acid groups (broad SMARTS) is 1. The molecule has 0 bridgehead atoms. The second kappa shape index (κ2) is 8.70. The fourth-order valence-corrected chi connectivity index (χ4v) is 1.48. The van der Waals surface area contributed by atoms with Gasteiger partial charge in [-0.2, -0.15) is 0 Å². The molecule has 0 aliphatic heterocycles. The smallest absolute Gasteiger partial charge is 0.307 e. The van der Waals surface area contributed by atoms with Gasteiger partial charge in [-0.15, -0.1) is 0 Å². The van der Waals surface area contributed by atoms with E-state index in [9.17, 15) is 4.79 Å². The predicted octanol–water partition coefficient (Wildman–Crippen LogP) is 4.39. The zero-order valence-electron chi connectivity index (χ0n) is 11.0. The summed E-state index contributed by atoms with van der Waals surface area (Å²) in [4.78, 5) is 9.71. The molecule has 0 saturated carbocycles. The third-order valence-electron chi connectivity index (χ3n) is 2.41. The van der Waals surface area contributed by atoms with E-state index in [-0.39, 0.29) is 6.42 Å². The number of rotatable bonds is 3. The third-order valence-corrected chi connectivity index (χ3v) is 2.41. The first-order valence-electron chi connectivity index (χ1n) is 6.17. The van der Waals surface area contributed by atoms with Crippen LogP contribution in [0, 0.1) is 0 Å². The number of allylic oxidation sites excluding steroid dienone is 1. The molecular formula is C17H18O2. The Morgan fingerprint density at radius 2 is 1.37 bits per heavy atom. The molecule has 19 heavy (non-hydrogen) atoms. The molecule has 2 aromatic rings. The Bertz CT molecular complexity index is 464. The van der Waals surface area contributed by atoms with Crippen molar-refractivity contribution in [2.75, 3.05) is 0 Å². The highest BCUT2D eigenvalue weighted by atomic mass is 16.4. The average Bonchev–Trinajstić information content (AvgIpc) is 2.47. The highest BCUT2D eigenvalue weighted by molar-refractivity contribution is 5.68. The molecule has 2 rings (SSSR count). The Balaban J connectivity index is 0.000000224. The van der Waals surface area contributed by atoms with Crippen LogP contribution in [0.4, 0.5) is 0 Å². The molecule has 0 radical (unpaired) electrons. The Labute approximate surface area is 114 Å². The predicted molar refractivity (Wildman–Crippen MR) is 78.9 cm³/mol. The van der Waals surface area contributed by atoms with Crippen LogP contribution in [0.15, 0.2) is 72.8 Å². The van der Waals surface area contributed by atoms with Gasteiger partial charge < -0.3 is 5.11 Å². The summed E-state index contributed by atoms with van der Waals surface area (Å²) >= 11 is 0. The van der Waals surface area contributed by atoms with Crippen molar-refractivity contribution in [1.82, 2.24) is 0 Å². The van der Waals surface area contributed by atoms with Crippen LogP contribution in [0.2, 0.25) is 0 Å². The molecule has 0 amide bonds. The van der Waals surface area contributed by atoms with E-state index < -0.39 is 5.97 Å². The molecule has 0 heterocycles. The van der Waals surface area contributed by atoms with Gasteiger partial charge in [0.15, 0.2) is 0 Å². The van der Waals surface area contributed by atoms with Crippen molar-refractivity contribution < 1.29 is 9.90 Å². The molecule has 0 aliphatic carbocycles. The van der Waals surface area contributed by atoms with Gasteiger partial charge in [-0.25, -0.2) is 0 Å². The minimum absolute atomic E-state index is 0.135. The van der Waals surface area contributed by atoms with E-state index in [1.165, 1.54) is 11.1 Å². The lowest BCUT2D eigenvalue weighted by Crippen LogP contribution is -1.88. The summed E-state index contributed by atoms with van der Waals surface area (Å²) in [6.45, 7) is 1.79. The van der Waals surface area contributed by atoms with E-state index in [4.69, 9.17) is 5.11 Å². The van der Waals surface area contributed by atoms with E-state index in [0.717, 1.165) is 0 Å². The average molecular weight is 254 g/mol. The van der Waals surface area contributed by atoms with E-state index in [0.29, 0.717) is 0 Å². The van der Waals surface area contributed by atoms with Crippen molar-refractivity contribution in [3.63, 3.8) is 0 Å². The highest BCUT2D eigenvalue weighted by Crippen LogP contribution is 2.17. The molecule has 98 valence electrons. The minimum atomic E-state index is -0.780. The summed E-state index contributed by atoms with van der Waals surface area (Å²) in [5, 5.41) is 7.99. The second-order valence-electron chi connectivity index (χ2n) is 3.90. The second-order valence-corrected chi connectivity index (χ2v) is 3.90. The summed E-state index contributed by atoms with van der Waals surface area (Å²) in [5.41, 5.74) is 2.55. The number of hydrogen-bond donors (Lipinski definition) is 1. The van der Waals surface area contributed by atoms with Crippen molar-refractivity contribution in [2.24, 2.45) is 0 Å². The van der Waals surface area contributed by atoms with Gasteiger partial charge in [0.2, 0.25) is 0 Å². The van der Waals surface area contributed by atoms with Crippen LogP contribution in [0.25, 0.3) is 11.1 Å². The molecule has 0 atom stereocenters. The van der Waals surface area contributed by atoms with Crippen LogP contribution < -0.4 is 0 Å². The molecule has 0 unspecified atom stereocenters. The standard InChI is InChI=1S/C12H10.C5H8O2/c1-3-7-11(8-4-1)12-9-5-2-6-10-12;1-2-3-4-5(6)7/h1-10H;2-3H,4H2,1H3,(H,6,7). The van der Waals surface area contributed by atoms with Gasteiger partial charge in [0, 0.05) is 0 Å². The Kier molecular flexibility index (Phi) is 6.73. The van der Waals surface area contributed by atoms with Crippen LogP contribution in [-0.4, -0.2) is 11.1 Å². The first-order valence-corrected chi connectivity index (χ1v) is 6.17. The van der Waals surface area contributed by atoms with Crippen molar-refractivity contribution in [3.8, 4) is 11.1 Å². The van der Waals surface area contributed by atoms with Gasteiger partial charge in [-0.05, 0) is 18.1 Å². The largest absolute Gasteiger partial charge is 0.481 e. The summed E-state index contributed by atoms with van der Waals surface area (Å²) in [7, 11) is 0. The van der Waals surface area contributed by atoms with Gasteiger partial charge in [-0.1, -0.05) is 72.8 Å². The molecule has 0 spiro atoms. The van der Waals surface area contributed by atoms with Crippen molar-refractivity contribution in [1.29, 1.82) is 0 Å². The third kappa shape index (κ3) is 6.22. The zero-order valence-corrected chi connectivity index (χ0v) is 11.0. The molecule has 0 saturated heterocycles. The number of aliphatic carboxylic acids is 1. The Morgan fingerprint density at radius 3 is 1.63 bits per heavy atom. The summed E-state index contributed by atoms with van der Waals surface area (Å²) in [6.07, 6.45) is 3.45. The summed E-state index contributed by atoms with van der Waals surface area (Å²) in [5.74, 6) is -0.780. The van der Waals surface area contributed by atoms with Crippen LogP contribution in [0.3, 0.4) is 0 Å². The molecule has 1 N–H and O–H groups in total. The molecule has 2 nitrogen and oxygen atoms in total. The van der Waals surface area contributed by atoms with Crippen LogP contribution in [-0.2, 0) is 4.79 Å². The fourth-order valence-electron chi connectivity index (χ4n) is 1.48. The summed E-state index contributed by atoms with van der Waals surface area (Å²) < 4.78 is 0. The Hall–Kier alpha value is -2.35. The minimum Gasteiger partial charge on any atom is -0.481 e. The van der Waals surface area contributed by atoms with Gasteiger partial charge >= 0.3 is 5.97 Å². The topological polar surface area (TPSA) is 37.3 Å². The lowest BCUT2D eigenvalue weighted by molar-refractivity contribution is -0.136. The van der Waals surface area contributed by atoms with Crippen molar-refractivity contribution in [2.45, 2.75) is 13.3 Å². The molecule has 0 aromatic heterocycles.